The second-order valence-electron chi connectivity index (χ2n) is 15.8. The average molecular weight is 881 g/mol. The van der Waals surface area contributed by atoms with Crippen molar-refractivity contribution in [3.05, 3.63) is 36.5 Å². The van der Waals surface area contributed by atoms with Crippen LogP contribution in [0.25, 0.3) is 0 Å². The fraction of sp³-hybridized carbons (Fsp3) is 0.814. The monoisotopic (exact) mass is 880 g/mol. The van der Waals surface area contributed by atoms with Crippen LogP contribution in [0.1, 0.15) is 168 Å². The van der Waals surface area contributed by atoms with E-state index in [0.717, 1.165) is 50.9 Å². The third kappa shape index (κ3) is 36.7. The summed E-state index contributed by atoms with van der Waals surface area (Å²) in [5.74, 6) is -0.329. The molecule has 1 aliphatic rings. The third-order valence-corrected chi connectivity index (χ3v) is 11.1. The lowest BCUT2D eigenvalue weighted by Gasteiger charge is -2.20. The maximum absolute atomic E-state index is 12.7. The minimum Gasteiger partial charge on any atom is -0.462 e. The summed E-state index contributed by atoms with van der Waals surface area (Å²) in [5.41, 5.74) is 0. The van der Waals surface area contributed by atoms with Gasteiger partial charge in [-0.15, -0.1) is 0 Å². The molecule has 16 heteroatoms. The molecule has 0 saturated carbocycles. The highest BCUT2D eigenvalue weighted by Crippen LogP contribution is 2.44. The van der Waals surface area contributed by atoms with Crippen LogP contribution in [0.5, 0.6) is 0 Å². The van der Waals surface area contributed by atoms with E-state index >= 15 is 0 Å². The Morgan fingerprint density at radius 1 is 0.644 bits per heavy atom. The van der Waals surface area contributed by atoms with E-state index in [2.05, 4.69) is 66.3 Å². The summed E-state index contributed by atoms with van der Waals surface area (Å²) in [6.45, 7) is 3.96. The van der Waals surface area contributed by atoms with Crippen molar-refractivity contribution >= 4 is 27.6 Å². The van der Waals surface area contributed by atoms with Gasteiger partial charge in [0.1, 0.15) is 12.7 Å². The SMILES string of the molecule is CCCCC/C=C\C/C=C\C/C=C\CC1OC1CCCC(=O)OC[C@H](COP(=O)(O)OC[C@@H](O)COP(=O)(O)O)OC(=O)CCCCCCCCCCCCCC(C)C. The van der Waals surface area contributed by atoms with E-state index in [1.54, 1.807) is 0 Å². The smallest absolute Gasteiger partial charge is 0.462 e. The van der Waals surface area contributed by atoms with Gasteiger partial charge in [-0.2, -0.15) is 0 Å². The number of esters is 2. The number of epoxide rings is 1. The average Bonchev–Trinajstić information content (AvgIpc) is 3.93. The van der Waals surface area contributed by atoms with Crippen molar-refractivity contribution in [2.75, 3.05) is 26.4 Å². The zero-order chi connectivity index (χ0) is 43.6. The molecule has 344 valence electrons. The van der Waals surface area contributed by atoms with Gasteiger partial charge in [0.2, 0.25) is 0 Å². The number of carbonyl (C=O) groups is 2. The standard InChI is InChI=1S/C43H78O14P2/c1-4-5-6-7-8-9-10-13-16-19-22-25-29-40-41(57-40)30-27-32-42(45)52-35-39(36-55-59(50,51)54-34-38(44)33-53-58(47,48)49)56-43(46)31-26-23-20-17-14-11-12-15-18-21-24-28-37(2)3/h8-9,13,16,22,25,37-41,44H,4-7,10-12,14-15,17-21,23-24,26-36H2,1-3H3,(H,50,51)(H2,47,48,49)/b9-8-,16-13-,25-22-/t38-,39+,40?,41?/m0/s1. The second-order valence-corrected chi connectivity index (χ2v) is 18.5. The molecule has 1 rings (SSSR count). The Kier molecular flexibility index (Phi) is 32.7. The lowest BCUT2D eigenvalue weighted by molar-refractivity contribution is -0.161. The van der Waals surface area contributed by atoms with Gasteiger partial charge >= 0.3 is 27.6 Å². The number of ether oxygens (including phenoxy) is 3. The molecule has 14 nitrogen and oxygen atoms in total. The number of aliphatic hydroxyl groups is 1. The van der Waals surface area contributed by atoms with Gasteiger partial charge in [0.05, 0.1) is 32.0 Å². The first kappa shape index (κ1) is 55.3. The Morgan fingerprint density at radius 3 is 1.83 bits per heavy atom. The molecule has 0 amide bonds. The van der Waals surface area contributed by atoms with Gasteiger partial charge in [-0.05, 0) is 57.3 Å². The second kappa shape index (κ2) is 34.8. The van der Waals surface area contributed by atoms with Gasteiger partial charge in [0, 0.05) is 12.8 Å². The van der Waals surface area contributed by atoms with Gasteiger partial charge in [0.25, 0.3) is 0 Å². The van der Waals surface area contributed by atoms with Crippen LogP contribution in [-0.4, -0.2) is 82.6 Å². The van der Waals surface area contributed by atoms with E-state index < -0.39 is 66.2 Å². The lowest BCUT2D eigenvalue weighted by Crippen LogP contribution is -2.30. The highest BCUT2D eigenvalue weighted by atomic mass is 31.2. The van der Waals surface area contributed by atoms with E-state index in [9.17, 15) is 28.7 Å². The Hall–Kier alpha value is -1.70. The molecular formula is C43H78O14P2. The van der Waals surface area contributed by atoms with Crippen LogP contribution in [0.3, 0.4) is 0 Å². The molecule has 0 aromatic rings. The maximum atomic E-state index is 12.7. The first-order valence-electron chi connectivity index (χ1n) is 22.2. The molecule has 0 aromatic carbocycles. The molecule has 5 atom stereocenters. The van der Waals surface area contributed by atoms with Crippen LogP contribution in [0, 0.1) is 5.92 Å². The summed E-state index contributed by atoms with van der Waals surface area (Å²) in [6, 6.07) is 0. The predicted molar refractivity (Wildman–Crippen MR) is 229 cm³/mol. The van der Waals surface area contributed by atoms with Crippen LogP contribution in [0.2, 0.25) is 0 Å². The van der Waals surface area contributed by atoms with Crippen molar-refractivity contribution in [3.63, 3.8) is 0 Å². The predicted octanol–water partition coefficient (Wildman–Crippen LogP) is 10.1. The van der Waals surface area contributed by atoms with Crippen molar-refractivity contribution in [1.29, 1.82) is 0 Å². The molecular weight excluding hydrogens is 802 g/mol. The summed E-state index contributed by atoms with van der Waals surface area (Å²) in [7, 11) is -9.70. The Morgan fingerprint density at radius 2 is 1.20 bits per heavy atom. The van der Waals surface area contributed by atoms with Crippen LogP contribution in [-0.2, 0) is 46.5 Å². The van der Waals surface area contributed by atoms with Gasteiger partial charge in [0.15, 0.2) is 6.10 Å². The van der Waals surface area contributed by atoms with Gasteiger partial charge in [-0.3, -0.25) is 23.2 Å². The highest BCUT2D eigenvalue weighted by Gasteiger charge is 2.36. The molecule has 0 aliphatic carbocycles. The molecule has 0 radical (unpaired) electrons. The number of hydrogen-bond acceptors (Lipinski definition) is 11. The fourth-order valence-electron chi connectivity index (χ4n) is 6.15. The fourth-order valence-corrected chi connectivity index (χ4v) is 7.30. The minimum atomic E-state index is -4.87. The number of rotatable bonds is 40. The minimum absolute atomic E-state index is 0.0813. The van der Waals surface area contributed by atoms with E-state index in [-0.39, 0.29) is 25.0 Å². The topological polar surface area (TPSA) is 208 Å². The van der Waals surface area contributed by atoms with Gasteiger partial charge < -0.3 is 34.0 Å². The Balaban J connectivity index is 2.40. The molecule has 1 aliphatic heterocycles. The number of hydrogen-bond donors (Lipinski definition) is 4. The zero-order valence-corrected chi connectivity index (χ0v) is 38.0. The van der Waals surface area contributed by atoms with Crippen molar-refractivity contribution in [3.8, 4) is 0 Å². The first-order valence-corrected chi connectivity index (χ1v) is 25.2. The molecule has 1 saturated heterocycles. The van der Waals surface area contributed by atoms with E-state index in [4.69, 9.17) is 28.5 Å². The van der Waals surface area contributed by atoms with Crippen LogP contribution < -0.4 is 0 Å². The Bertz CT molecular complexity index is 1270. The molecule has 0 bridgehead atoms. The lowest BCUT2D eigenvalue weighted by atomic mass is 10.0. The van der Waals surface area contributed by atoms with Gasteiger partial charge in [-0.25, -0.2) is 9.13 Å². The molecule has 4 N–H and O–H groups in total. The van der Waals surface area contributed by atoms with Crippen LogP contribution in [0.15, 0.2) is 36.5 Å². The number of allylic oxidation sites excluding steroid dienone is 5. The summed E-state index contributed by atoms with van der Waals surface area (Å²) in [5, 5.41) is 9.75. The number of aliphatic hydroxyl groups excluding tert-OH is 1. The van der Waals surface area contributed by atoms with Crippen molar-refractivity contribution in [2.45, 2.75) is 193 Å². The van der Waals surface area contributed by atoms with Crippen LogP contribution >= 0.6 is 15.6 Å². The molecule has 0 spiro atoms. The number of carbonyl (C=O) groups excluding carboxylic acids is 2. The quantitative estimate of drug-likeness (QED) is 0.0149. The first-order chi connectivity index (χ1) is 28.2. The molecule has 1 fully saturated rings. The normalized spacial score (nSPS) is 17.9. The Labute approximate surface area is 354 Å². The maximum Gasteiger partial charge on any atom is 0.472 e. The zero-order valence-electron chi connectivity index (χ0n) is 36.2. The summed E-state index contributed by atoms with van der Waals surface area (Å²) < 4.78 is 53.5. The molecule has 1 heterocycles. The van der Waals surface area contributed by atoms with E-state index in [0.29, 0.717) is 19.3 Å². The number of phosphoric acid groups is 2. The van der Waals surface area contributed by atoms with Crippen molar-refractivity contribution in [2.24, 2.45) is 5.92 Å². The highest BCUT2D eigenvalue weighted by molar-refractivity contribution is 7.47. The number of phosphoric ester groups is 2. The van der Waals surface area contributed by atoms with Crippen LogP contribution in [0.4, 0.5) is 0 Å². The van der Waals surface area contributed by atoms with Crippen molar-refractivity contribution in [1.82, 2.24) is 0 Å². The largest absolute Gasteiger partial charge is 0.472 e. The summed E-state index contributed by atoms with van der Waals surface area (Å²) in [4.78, 5) is 52.8. The molecule has 3 unspecified atom stereocenters. The third-order valence-electron chi connectivity index (χ3n) is 9.62. The van der Waals surface area contributed by atoms with Crippen molar-refractivity contribution < 1.29 is 66.3 Å². The molecule has 59 heavy (non-hydrogen) atoms. The molecule has 0 aromatic heterocycles. The summed E-state index contributed by atoms with van der Waals surface area (Å²) >= 11 is 0. The summed E-state index contributed by atoms with van der Waals surface area (Å²) in [6.07, 6.45) is 33.1. The number of unbranched alkanes of at least 4 members (excludes halogenated alkanes) is 13. The van der Waals surface area contributed by atoms with Gasteiger partial charge in [-0.1, -0.05) is 141 Å². The van der Waals surface area contributed by atoms with E-state index in [1.165, 1.54) is 70.6 Å². The van der Waals surface area contributed by atoms with E-state index in [1.807, 2.05) is 0 Å².